The van der Waals surface area contributed by atoms with Gasteiger partial charge >= 0.3 is 0 Å². The number of rotatable bonds is 3. The van der Waals surface area contributed by atoms with Crippen LogP contribution in [0.2, 0.25) is 0 Å². The summed E-state index contributed by atoms with van der Waals surface area (Å²) < 4.78 is 0. The number of hydrogen-bond acceptors (Lipinski definition) is 2. The molecule has 1 aromatic rings. The van der Waals surface area contributed by atoms with Gasteiger partial charge in [-0.3, -0.25) is 0 Å². The van der Waals surface area contributed by atoms with E-state index in [-0.39, 0.29) is 0 Å². The minimum Gasteiger partial charge on any atom is -0.367 e. The maximum absolute atomic E-state index is 4.42. The Morgan fingerprint density at radius 3 is 2.88 bits per heavy atom. The van der Waals surface area contributed by atoms with E-state index in [0.29, 0.717) is 6.04 Å². The zero-order chi connectivity index (χ0) is 11.5. The van der Waals surface area contributed by atoms with Crippen LogP contribution >= 0.6 is 0 Å². The van der Waals surface area contributed by atoms with Gasteiger partial charge in [0.2, 0.25) is 0 Å². The average Bonchev–Trinajstić information content (AvgIpc) is 2.63. The second-order valence-corrected chi connectivity index (χ2v) is 5.02. The standard InChI is InChI=1S/C14H22N2/c1-4-12-7-8-13(11(12)3)16-14-10(2)6-5-9-15-14/h5-6,9,11-13H,4,7-8H2,1-3H3,(H,15,16). The Morgan fingerprint density at radius 1 is 1.44 bits per heavy atom. The Labute approximate surface area is 98.5 Å². The van der Waals surface area contributed by atoms with Crippen molar-refractivity contribution in [2.75, 3.05) is 5.32 Å². The van der Waals surface area contributed by atoms with Crippen molar-refractivity contribution in [2.45, 2.75) is 46.1 Å². The van der Waals surface area contributed by atoms with Crippen LogP contribution in [0.5, 0.6) is 0 Å². The maximum atomic E-state index is 4.42. The van der Waals surface area contributed by atoms with Crippen molar-refractivity contribution in [1.29, 1.82) is 0 Å². The molecule has 1 heterocycles. The van der Waals surface area contributed by atoms with Gasteiger partial charge in [0, 0.05) is 12.2 Å². The first-order valence-corrected chi connectivity index (χ1v) is 6.40. The summed E-state index contributed by atoms with van der Waals surface area (Å²) in [5, 5.41) is 3.61. The van der Waals surface area contributed by atoms with Gasteiger partial charge in [-0.05, 0) is 43.2 Å². The van der Waals surface area contributed by atoms with Crippen molar-refractivity contribution < 1.29 is 0 Å². The summed E-state index contributed by atoms with van der Waals surface area (Å²) in [5.41, 5.74) is 1.25. The predicted octanol–water partition coefficient (Wildman–Crippen LogP) is 3.63. The first-order chi connectivity index (χ1) is 7.72. The van der Waals surface area contributed by atoms with E-state index >= 15 is 0 Å². The number of aryl methyl sites for hydroxylation is 1. The molecule has 3 unspecified atom stereocenters. The number of nitrogens with zero attached hydrogens (tertiary/aromatic N) is 1. The Kier molecular flexibility index (Phi) is 3.47. The fourth-order valence-corrected chi connectivity index (χ4v) is 2.84. The topological polar surface area (TPSA) is 24.9 Å². The molecule has 16 heavy (non-hydrogen) atoms. The highest BCUT2D eigenvalue weighted by molar-refractivity contribution is 5.43. The first kappa shape index (κ1) is 11.4. The van der Waals surface area contributed by atoms with Gasteiger partial charge in [-0.25, -0.2) is 4.98 Å². The Bertz CT molecular complexity index is 348. The van der Waals surface area contributed by atoms with Crippen LogP contribution in [-0.2, 0) is 0 Å². The van der Waals surface area contributed by atoms with E-state index in [0.717, 1.165) is 17.7 Å². The number of nitrogens with one attached hydrogen (secondary N) is 1. The molecular weight excluding hydrogens is 196 g/mol. The van der Waals surface area contributed by atoms with Crippen LogP contribution in [0.25, 0.3) is 0 Å². The van der Waals surface area contributed by atoms with Gasteiger partial charge in [-0.15, -0.1) is 0 Å². The lowest BCUT2D eigenvalue weighted by Crippen LogP contribution is -2.25. The zero-order valence-electron chi connectivity index (χ0n) is 10.5. The molecule has 0 bridgehead atoms. The number of hydrogen-bond donors (Lipinski definition) is 1. The number of aromatic nitrogens is 1. The van der Waals surface area contributed by atoms with E-state index in [9.17, 15) is 0 Å². The minimum absolute atomic E-state index is 0.610. The van der Waals surface area contributed by atoms with Crippen LogP contribution in [-0.4, -0.2) is 11.0 Å². The molecule has 1 fully saturated rings. The first-order valence-electron chi connectivity index (χ1n) is 6.40. The lowest BCUT2D eigenvalue weighted by molar-refractivity contribution is 0.391. The van der Waals surface area contributed by atoms with E-state index in [2.05, 4.69) is 37.1 Å². The molecule has 0 amide bonds. The Morgan fingerprint density at radius 2 is 2.25 bits per heavy atom. The van der Waals surface area contributed by atoms with Crippen molar-refractivity contribution in [3.63, 3.8) is 0 Å². The number of pyridine rings is 1. The highest BCUT2D eigenvalue weighted by Gasteiger charge is 2.31. The van der Waals surface area contributed by atoms with Crippen molar-refractivity contribution in [3.05, 3.63) is 23.9 Å². The predicted molar refractivity (Wildman–Crippen MR) is 68.6 cm³/mol. The third-order valence-corrected chi connectivity index (χ3v) is 4.08. The second kappa shape index (κ2) is 4.86. The molecule has 2 nitrogen and oxygen atoms in total. The van der Waals surface area contributed by atoms with Gasteiger partial charge in [0.1, 0.15) is 5.82 Å². The summed E-state index contributed by atoms with van der Waals surface area (Å²) in [4.78, 5) is 4.42. The van der Waals surface area contributed by atoms with Crippen LogP contribution in [0.1, 0.15) is 38.7 Å². The molecule has 88 valence electrons. The van der Waals surface area contributed by atoms with E-state index in [1.165, 1.54) is 24.8 Å². The molecule has 1 aliphatic carbocycles. The summed E-state index contributed by atoms with van der Waals surface area (Å²) >= 11 is 0. The maximum Gasteiger partial charge on any atom is 0.129 e. The Hall–Kier alpha value is -1.05. The Balaban J connectivity index is 2.04. The van der Waals surface area contributed by atoms with Crippen LogP contribution in [0.4, 0.5) is 5.82 Å². The molecule has 0 spiro atoms. The average molecular weight is 218 g/mol. The molecule has 0 radical (unpaired) electrons. The van der Waals surface area contributed by atoms with Crippen LogP contribution < -0.4 is 5.32 Å². The van der Waals surface area contributed by atoms with Crippen molar-refractivity contribution >= 4 is 5.82 Å². The molecule has 0 saturated heterocycles. The zero-order valence-corrected chi connectivity index (χ0v) is 10.5. The van der Waals surface area contributed by atoms with Gasteiger partial charge < -0.3 is 5.32 Å². The summed E-state index contributed by atoms with van der Waals surface area (Å²) in [6, 6.07) is 4.72. The monoisotopic (exact) mass is 218 g/mol. The van der Waals surface area contributed by atoms with Gasteiger partial charge in [-0.2, -0.15) is 0 Å². The van der Waals surface area contributed by atoms with Crippen molar-refractivity contribution in [2.24, 2.45) is 11.8 Å². The van der Waals surface area contributed by atoms with Gasteiger partial charge in [0.25, 0.3) is 0 Å². The summed E-state index contributed by atoms with van der Waals surface area (Å²) in [5.74, 6) is 2.73. The lowest BCUT2D eigenvalue weighted by atomic mass is 9.93. The molecule has 1 saturated carbocycles. The van der Waals surface area contributed by atoms with Crippen molar-refractivity contribution in [3.8, 4) is 0 Å². The molecule has 1 aliphatic rings. The molecular formula is C14H22N2. The van der Waals surface area contributed by atoms with Crippen LogP contribution in [0.15, 0.2) is 18.3 Å². The molecule has 0 aromatic carbocycles. The summed E-state index contributed by atoms with van der Waals surface area (Å²) in [7, 11) is 0. The van der Waals surface area contributed by atoms with Gasteiger partial charge in [0.15, 0.2) is 0 Å². The van der Waals surface area contributed by atoms with E-state index in [1.54, 1.807) is 0 Å². The van der Waals surface area contributed by atoms with Crippen LogP contribution in [0, 0.1) is 18.8 Å². The SMILES string of the molecule is CCC1CCC(Nc2ncccc2C)C1C. The quantitative estimate of drug-likeness (QED) is 0.838. The molecule has 1 aromatic heterocycles. The fraction of sp³-hybridized carbons (Fsp3) is 0.643. The van der Waals surface area contributed by atoms with Crippen LogP contribution in [0.3, 0.4) is 0 Å². The molecule has 2 rings (SSSR count). The lowest BCUT2D eigenvalue weighted by Gasteiger charge is -2.22. The highest BCUT2D eigenvalue weighted by atomic mass is 15.0. The second-order valence-electron chi connectivity index (χ2n) is 5.02. The van der Waals surface area contributed by atoms with Gasteiger partial charge in [-0.1, -0.05) is 26.3 Å². The minimum atomic E-state index is 0.610. The normalized spacial score (nSPS) is 29.3. The molecule has 1 N–H and O–H groups in total. The molecule has 0 aliphatic heterocycles. The summed E-state index contributed by atoms with van der Waals surface area (Å²) in [6.07, 6.45) is 5.82. The van der Waals surface area contributed by atoms with Crippen molar-refractivity contribution in [1.82, 2.24) is 4.98 Å². The fourth-order valence-electron chi connectivity index (χ4n) is 2.84. The summed E-state index contributed by atoms with van der Waals surface area (Å²) in [6.45, 7) is 6.79. The molecule has 3 atom stereocenters. The molecule has 2 heteroatoms. The van der Waals surface area contributed by atoms with E-state index in [4.69, 9.17) is 0 Å². The number of anilines is 1. The largest absolute Gasteiger partial charge is 0.367 e. The smallest absolute Gasteiger partial charge is 0.129 e. The van der Waals surface area contributed by atoms with E-state index < -0.39 is 0 Å². The third-order valence-electron chi connectivity index (χ3n) is 4.08. The highest BCUT2D eigenvalue weighted by Crippen LogP contribution is 2.35. The van der Waals surface area contributed by atoms with E-state index in [1.807, 2.05) is 12.3 Å². The third kappa shape index (κ3) is 2.21. The van der Waals surface area contributed by atoms with Gasteiger partial charge in [0.05, 0.1) is 0 Å².